The van der Waals surface area contributed by atoms with Crippen molar-refractivity contribution in [3.05, 3.63) is 72.4 Å². The molecule has 174 valence electrons. The van der Waals surface area contributed by atoms with Crippen LogP contribution in [-0.2, 0) is 16.1 Å². The molecule has 1 saturated heterocycles. The molecule has 5 rings (SSSR count). The van der Waals surface area contributed by atoms with E-state index in [0.29, 0.717) is 19.4 Å². The summed E-state index contributed by atoms with van der Waals surface area (Å²) in [5.74, 6) is -0.419. The van der Waals surface area contributed by atoms with Gasteiger partial charge in [0.15, 0.2) is 0 Å². The van der Waals surface area contributed by atoms with Gasteiger partial charge in [0.05, 0.1) is 11.4 Å². The van der Waals surface area contributed by atoms with Crippen LogP contribution in [0.3, 0.4) is 0 Å². The van der Waals surface area contributed by atoms with Gasteiger partial charge >= 0.3 is 6.03 Å². The van der Waals surface area contributed by atoms with Crippen LogP contribution in [0.25, 0.3) is 16.9 Å². The quantitative estimate of drug-likeness (QED) is 0.532. The fraction of sp³-hybridized carbons (Fsp3) is 0.308. The molecule has 8 heteroatoms. The van der Waals surface area contributed by atoms with Crippen molar-refractivity contribution >= 4 is 17.8 Å². The Hall–Kier alpha value is -3.94. The highest BCUT2D eigenvalue weighted by molar-refractivity contribution is 6.07. The van der Waals surface area contributed by atoms with E-state index in [-0.39, 0.29) is 24.8 Å². The Morgan fingerprint density at radius 2 is 1.68 bits per heavy atom. The Bertz CT molecular complexity index is 1200. The second-order valence-corrected chi connectivity index (χ2v) is 8.85. The van der Waals surface area contributed by atoms with Gasteiger partial charge in [-0.25, -0.2) is 9.48 Å². The van der Waals surface area contributed by atoms with E-state index >= 15 is 0 Å². The van der Waals surface area contributed by atoms with Crippen LogP contribution >= 0.6 is 0 Å². The van der Waals surface area contributed by atoms with E-state index in [1.807, 2.05) is 66.9 Å². The molecule has 2 aromatic carbocycles. The lowest BCUT2D eigenvalue weighted by molar-refractivity contribution is -0.131. The molecule has 2 heterocycles. The third kappa shape index (κ3) is 4.19. The van der Waals surface area contributed by atoms with E-state index in [4.69, 9.17) is 5.10 Å². The van der Waals surface area contributed by atoms with E-state index in [2.05, 4.69) is 10.6 Å². The number of amides is 4. The number of nitrogens with one attached hydrogen (secondary N) is 2. The maximum absolute atomic E-state index is 12.8. The first-order valence-corrected chi connectivity index (χ1v) is 11.7. The molecule has 34 heavy (non-hydrogen) atoms. The van der Waals surface area contributed by atoms with Crippen LogP contribution in [0.4, 0.5) is 4.79 Å². The molecule has 1 aromatic heterocycles. The number of carbonyl (C=O) groups excluding carboxylic acids is 3. The molecule has 0 bridgehead atoms. The van der Waals surface area contributed by atoms with Gasteiger partial charge in [0, 0.05) is 36.8 Å². The van der Waals surface area contributed by atoms with Crippen molar-refractivity contribution in [1.82, 2.24) is 25.3 Å². The van der Waals surface area contributed by atoms with Gasteiger partial charge in [-0.2, -0.15) is 5.10 Å². The maximum Gasteiger partial charge on any atom is 0.325 e. The minimum Gasteiger partial charge on any atom is -0.352 e. The topological polar surface area (TPSA) is 96.3 Å². The highest BCUT2D eigenvalue weighted by Crippen LogP contribution is 2.35. The average molecular weight is 458 g/mol. The van der Waals surface area contributed by atoms with Crippen molar-refractivity contribution in [3.8, 4) is 16.9 Å². The second kappa shape index (κ2) is 9.13. The van der Waals surface area contributed by atoms with E-state index in [1.54, 1.807) is 4.68 Å². The van der Waals surface area contributed by atoms with Gasteiger partial charge in [0.2, 0.25) is 5.91 Å². The number of carbonyl (C=O) groups is 3. The number of para-hydroxylation sites is 1. The molecule has 0 radical (unpaired) electrons. The molecular weight excluding hydrogens is 430 g/mol. The van der Waals surface area contributed by atoms with Gasteiger partial charge in [-0.15, -0.1) is 0 Å². The lowest BCUT2D eigenvalue weighted by atomic mass is 9.98. The summed E-state index contributed by atoms with van der Waals surface area (Å²) in [6.45, 7) is 0.368. The standard InChI is InChI=1S/C26H27N5O3/c32-22(13-16-30-24(33)26(28-25(30)34)14-7-8-15-26)27-17-20-18-31(21-11-5-2-6-12-21)29-23(20)19-9-3-1-4-10-19/h1-6,9-12,18H,7-8,13-17H2,(H,27,32)(H,28,34). The van der Waals surface area contributed by atoms with Crippen molar-refractivity contribution in [2.75, 3.05) is 6.54 Å². The third-order valence-corrected chi connectivity index (χ3v) is 6.60. The number of hydrogen-bond acceptors (Lipinski definition) is 4. The highest BCUT2D eigenvalue weighted by atomic mass is 16.2. The lowest BCUT2D eigenvalue weighted by Gasteiger charge is -2.19. The summed E-state index contributed by atoms with van der Waals surface area (Å²) in [5.41, 5.74) is 2.81. The molecule has 1 aliphatic carbocycles. The molecule has 2 aliphatic rings. The smallest absolute Gasteiger partial charge is 0.325 e. The third-order valence-electron chi connectivity index (χ3n) is 6.60. The van der Waals surface area contributed by atoms with Crippen LogP contribution in [0, 0.1) is 0 Å². The van der Waals surface area contributed by atoms with E-state index in [1.165, 1.54) is 4.90 Å². The zero-order valence-corrected chi connectivity index (χ0v) is 18.9. The van der Waals surface area contributed by atoms with Crippen molar-refractivity contribution in [2.24, 2.45) is 0 Å². The van der Waals surface area contributed by atoms with Gasteiger partial charge in [-0.3, -0.25) is 14.5 Å². The number of rotatable bonds is 7. The Labute approximate surface area is 197 Å². The molecule has 2 fully saturated rings. The Balaban J connectivity index is 1.25. The van der Waals surface area contributed by atoms with Gasteiger partial charge in [-0.05, 0) is 25.0 Å². The summed E-state index contributed by atoms with van der Waals surface area (Å²) in [6.07, 6.45) is 5.19. The number of nitrogens with zero attached hydrogens (tertiary/aromatic N) is 3. The van der Waals surface area contributed by atoms with Crippen LogP contribution in [0.15, 0.2) is 66.9 Å². The molecule has 0 atom stereocenters. The van der Waals surface area contributed by atoms with E-state index in [0.717, 1.165) is 35.3 Å². The van der Waals surface area contributed by atoms with Gasteiger partial charge in [-0.1, -0.05) is 61.4 Å². The minimum absolute atomic E-state index is 0.0583. The Morgan fingerprint density at radius 1 is 1.00 bits per heavy atom. The van der Waals surface area contributed by atoms with Crippen LogP contribution in [0.1, 0.15) is 37.7 Å². The maximum atomic E-state index is 12.8. The monoisotopic (exact) mass is 457 g/mol. The normalized spacial score (nSPS) is 16.8. The zero-order valence-electron chi connectivity index (χ0n) is 18.9. The first-order chi connectivity index (χ1) is 16.6. The van der Waals surface area contributed by atoms with Crippen LogP contribution in [0.5, 0.6) is 0 Å². The summed E-state index contributed by atoms with van der Waals surface area (Å²) in [6, 6.07) is 19.2. The molecule has 2 N–H and O–H groups in total. The number of imide groups is 1. The van der Waals surface area contributed by atoms with Gasteiger partial charge in [0.1, 0.15) is 5.54 Å². The molecule has 1 spiro atoms. The van der Waals surface area contributed by atoms with E-state index < -0.39 is 11.6 Å². The summed E-state index contributed by atoms with van der Waals surface area (Å²) >= 11 is 0. The fourth-order valence-electron chi connectivity index (χ4n) is 4.78. The first-order valence-electron chi connectivity index (χ1n) is 11.7. The fourth-order valence-corrected chi connectivity index (χ4v) is 4.78. The van der Waals surface area contributed by atoms with Crippen molar-refractivity contribution in [3.63, 3.8) is 0 Å². The molecule has 0 unspecified atom stereocenters. The van der Waals surface area contributed by atoms with Gasteiger partial charge < -0.3 is 10.6 Å². The number of aromatic nitrogens is 2. The summed E-state index contributed by atoms with van der Waals surface area (Å²) in [5, 5.41) is 10.5. The molecule has 1 saturated carbocycles. The molecular formula is C26H27N5O3. The Kier molecular flexibility index (Phi) is 5.88. The zero-order chi connectivity index (χ0) is 23.5. The molecule has 3 aromatic rings. The predicted molar refractivity (Wildman–Crippen MR) is 127 cm³/mol. The highest BCUT2D eigenvalue weighted by Gasteiger charge is 2.52. The van der Waals surface area contributed by atoms with Crippen molar-refractivity contribution in [1.29, 1.82) is 0 Å². The SMILES string of the molecule is O=C(CCN1C(=O)NC2(CCCC2)C1=O)NCc1cn(-c2ccccc2)nc1-c1ccccc1. The summed E-state index contributed by atoms with van der Waals surface area (Å²) in [7, 11) is 0. The Morgan fingerprint density at radius 3 is 2.38 bits per heavy atom. The largest absolute Gasteiger partial charge is 0.352 e. The van der Waals surface area contributed by atoms with Crippen LogP contribution in [-0.4, -0.2) is 44.6 Å². The number of benzene rings is 2. The van der Waals surface area contributed by atoms with Crippen LogP contribution < -0.4 is 10.6 Å². The number of hydrogen-bond donors (Lipinski definition) is 2. The molecule has 4 amide bonds. The molecule has 1 aliphatic heterocycles. The number of urea groups is 1. The minimum atomic E-state index is -0.746. The van der Waals surface area contributed by atoms with E-state index in [9.17, 15) is 14.4 Å². The molecule has 8 nitrogen and oxygen atoms in total. The van der Waals surface area contributed by atoms with Crippen molar-refractivity contribution in [2.45, 2.75) is 44.2 Å². The predicted octanol–water partition coefficient (Wildman–Crippen LogP) is 3.41. The summed E-state index contributed by atoms with van der Waals surface area (Å²) < 4.78 is 1.80. The van der Waals surface area contributed by atoms with Gasteiger partial charge in [0.25, 0.3) is 5.91 Å². The average Bonchev–Trinajstić information content (AvgIpc) is 3.57. The first kappa shape index (κ1) is 21.9. The van der Waals surface area contributed by atoms with Crippen LogP contribution in [0.2, 0.25) is 0 Å². The lowest BCUT2D eigenvalue weighted by Crippen LogP contribution is -2.44. The second-order valence-electron chi connectivity index (χ2n) is 8.85. The summed E-state index contributed by atoms with van der Waals surface area (Å²) in [4.78, 5) is 38.9. The van der Waals surface area contributed by atoms with Crippen molar-refractivity contribution < 1.29 is 14.4 Å².